The minimum atomic E-state index is -0.236. The molecule has 0 bridgehead atoms. The molecule has 0 aliphatic carbocycles. The van der Waals surface area contributed by atoms with Gasteiger partial charge in [0, 0.05) is 5.88 Å². The zero-order valence-electron chi connectivity index (χ0n) is 6.85. The third-order valence-corrected chi connectivity index (χ3v) is 2.01. The first-order chi connectivity index (χ1) is 5.12. The third-order valence-electron chi connectivity index (χ3n) is 1.57. The Morgan fingerprint density at radius 2 is 1.73 bits per heavy atom. The minimum Gasteiger partial charge on any atom is -0.633 e. The number of hydroxylamine groups is 3. The van der Waals surface area contributed by atoms with Crippen LogP contribution < -0.4 is 0 Å². The predicted octanol–water partition coefficient (Wildman–Crippen LogP) is 2.19. The van der Waals surface area contributed by atoms with Crippen molar-refractivity contribution in [3.05, 3.63) is 5.21 Å². The maximum absolute atomic E-state index is 11.4. The van der Waals surface area contributed by atoms with E-state index in [4.69, 9.17) is 23.2 Å². The quantitative estimate of drug-likeness (QED) is 0.279. The normalized spacial score (nSPS) is 16.4. The van der Waals surface area contributed by atoms with Crippen molar-refractivity contribution in [2.75, 3.05) is 31.9 Å². The number of alkyl halides is 2. The summed E-state index contributed by atoms with van der Waals surface area (Å²) in [6, 6.07) is 0. The van der Waals surface area contributed by atoms with E-state index in [1.54, 1.807) is 7.05 Å². The second-order valence-corrected chi connectivity index (χ2v) is 3.59. The summed E-state index contributed by atoms with van der Waals surface area (Å²) in [5.41, 5.74) is 0. The Kier molecular flexibility index (Phi) is 6.34. The van der Waals surface area contributed by atoms with E-state index in [0.29, 0.717) is 24.8 Å². The van der Waals surface area contributed by atoms with Gasteiger partial charge in [-0.05, 0) is 12.8 Å². The van der Waals surface area contributed by atoms with Crippen LogP contribution >= 0.6 is 23.2 Å². The zero-order valence-corrected chi connectivity index (χ0v) is 8.37. The average molecular weight is 200 g/mol. The Balaban J connectivity index is 3.38. The molecule has 0 N–H and O–H groups in total. The van der Waals surface area contributed by atoms with Gasteiger partial charge in [-0.3, -0.25) is 0 Å². The zero-order chi connectivity index (χ0) is 8.74. The van der Waals surface area contributed by atoms with Crippen LogP contribution in [0.5, 0.6) is 0 Å². The number of unbranched alkanes of at least 4 members (excludes halogenated alkanes) is 1. The predicted molar refractivity (Wildman–Crippen MR) is 50.0 cm³/mol. The van der Waals surface area contributed by atoms with Gasteiger partial charge in [-0.1, -0.05) is 0 Å². The molecule has 0 saturated heterocycles. The lowest BCUT2D eigenvalue weighted by Gasteiger charge is -2.38. The summed E-state index contributed by atoms with van der Waals surface area (Å²) in [6.45, 7) is 1.11. The molecule has 0 aromatic heterocycles. The standard InChI is InChI=1S/C7H15Cl2NO/c1-10(11,7-5-9)6-3-2-4-8/h2-7H2,1H3. The SMILES string of the molecule is C[N+]([O-])(CCCl)CCCCCl. The number of hydrogen-bond acceptors (Lipinski definition) is 1. The summed E-state index contributed by atoms with van der Waals surface area (Å²) in [5.74, 6) is 1.07. The summed E-state index contributed by atoms with van der Waals surface area (Å²) in [4.78, 5) is 0. The molecule has 0 radical (unpaired) electrons. The fourth-order valence-electron chi connectivity index (χ4n) is 0.831. The lowest BCUT2D eigenvalue weighted by Crippen LogP contribution is -2.40. The van der Waals surface area contributed by atoms with Gasteiger partial charge in [-0.25, -0.2) is 0 Å². The molecule has 0 spiro atoms. The van der Waals surface area contributed by atoms with Gasteiger partial charge in [0.1, 0.15) is 0 Å². The molecule has 0 heterocycles. The molecule has 68 valence electrons. The van der Waals surface area contributed by atoms with E-state index in [2.05, 4.69) is 0 Å². The van der Waals surface area contributed by atoms with E-state index in [9.17, 15) is 5.21 Å². The van der Waals surface area contributed by atoms with Crippen LogP contribution in [0.1, 0.15) is 12.8 Å². The first kappa shape index (κ1) is 11.5. The lowest BCUT2D eigenvalue weighted by molar-refractivity contribution is -0.858. The van der Waals surface area contributed by atoms with E-state index in [1.807, 2.05) is 0 Å². The van der Waals surface area contributed by atoms with Gasteiger partial charge in [0.05, 0.1) is 26.0 Å². The average Bonchev–Trinajstić information content (AvgIpc) is 1.87. The van der Waals surface area contributed by atoms with Crippen molar-refractivity contribution in [3.8, 4) is 0 Å². The fraction of sp³-hybridized carbons (Fsp3) is 1.00. The second-order valence-electron chi connectivity index (χ2n) is 2.83. The van der Waals surface area contributed by atoms with Gasteiger partial charge in [-0.2, -0.15) is 0 Å². The van der Waals surface area contributed by atoms with Crippen molar-refractivity contribution in [1.29, 1.82) is 0 Å². The minimum absolute atomic E-state index is 0.236. The Labute approximate surface area is 78.3 Å². The van der Waals surface area contributed by atoms with E-state index < -0.39 is 0 Å². The van der Waals surface area contributed by atoms with Crippen LogP contribution in [0.2, 0.25) is 0 Å². The van der Waals surface area contributed by atoms with Crippen LogP contribution in [0.25, 0.3) is 0 Å². The first-order valence-corrected chi connectivity index (χ1v) is 4.87. The number of rotatable bonds is 6. The first-order valence-electron chi connectivity index (χ1n) is 3.80. The van der Waals surface area contributed by atoms with Gasteiger partial charge < -0.3 is 9.85 Å². The molecule has 4 heteroatoms. The molecule has 2 nitrogen and oxygen atoms in total. The van der Waals surface area contributed by atoms with Crippen molar-refractivity contribution in [1.82, 2.24) is 0 Å². The maximum atomic E-state index is 11.4. The Morgan fingerprint density at radius 1 is 1.09 bits per heavy atom. The molecule has 0 rings (SSSR count). The highest BCUT2D eigenvalue weighted by molar-refractivity contribution is 6.18. The van der Waals surface area contributed by atoms with Gasteiger partial charge >= 0.3 is 0 Å². The summed E-state index contributed by atoms with van der Waals surface area (Å²) in [5, 5.41) is 11.4. The van der Waals surface area contributed by atoms with Crippen molar-refractivity contribution < 1.29 is 4.65 Å². The summed E-state index contributed by atoms with van der Waals surface area (Å²) in [7, 11) is 1.65. The van der Waals surface area contributed by atoms with E-state index in [0.717, 1.165) is 12.8 Å². The molecule has 0 aromatic carbocycles. The van der Waals surface area contributed by atoms with Gasteiger partial charge in [0.25, 0.3) is 0 Å². The molecule has 11 heavy (non-hydrogen) atoms. The molecule has 0 saturated carbocycles. The number of halogens is 2. The van der Waals surface area contributed by atoms with Gasteiger partial charge in [0.15, 0.2) is 0 Å². The fourth-order valence-corrected chi connectivity index (χ4v) is 1.38. The third kappa shape index (κ3) is 6.88. The molecular weight excluding hydrogens is 185 g/mol. The van der Waals surface area contributed by atoms with Crippen LogP contribution in [0, 0.1) is 5.21 Å². The molecule has 0 amide bonds. The maximum Gasteiger partial charge on any atom is 0.0919 e. The highest BCUT2D eigenvalue weighted by atomic mass is 35.5. The Morgan fingerprint density at radius 3 is 2.18 bits per heavy atom. The highest BCUT2D eigenvalue weighted by Gasteiger charge is 2.07. The van der Waals surface area contributed by atoms with E-state index >= 15 is 0 Å². The van der Waals surface area contributed by atoms with Crippen molar-refractivity contribution in [3.63, 3.8) is 0 Å². The summed E-state index contributed by atoms with van der Waals surface area (Å²) in [6.07, 6.45) is 1.81. The van der Waals surface area contributed by atoms with E-state index in [1.165, 1.54) is 0 Å². The molecule has 0 aliphatic rings. The summed E-state index contributed by atoms with van der Waals surface area (Å²) < 4.78 is -0.236. The molecule has 0 aliphatic heterocycles. The largest absolute Gasteiger partial charge is 0.633 e. The number of hydrogen-bond donors (Lipinski definition) is 0. The molecule has 0 aromatic rings. The Hall–Kier alpha value is 0.500. The van der Waals surface area contributed by atoms with Crippen molar-refractivity contribution in [2.45, 2.75) is 12.8 Å². The smallest absolute Gasteiger partial charge is 0.0919 e. The monoisotopic (exact) mass is 199 g/mol. The second kappa shape index (κ2) is 6.06. The lowest BCUT2D eigenvalue weighted by atomic mass is 10.3. The van der Waals surface area contributed by atoms with Gasteiger partial charge in [-0.15, -0.1) is 23.2 Å². The topological polar surface area (TPSA) is 23.1 Å². The van der Waals surface area contributed by atoms with Crippen LogP contribution in [-0.2, 0) is 0 Å². The Bertz CT molecular complexity index is 98.4. The van der Waals surface area contributed by atoms with Crippen LogP contribution in [-0.4, -0.2) is 36.5 Å². The van der Waals surface area contributed by atoms with Crippen LogP contribution in [0.3, 0.4) is 0 Å². The van der Waals surface area contributed by atoms with Crippen LogP contribution in [0.4, 0.5) is 0 Å². The summed E-state index contributed by atoms with van der Waals surface area (Å²) >= 11 is 10.9. The van der Waals surface area contributed by atoms with Crippen LogP contribution in [0.15, 0.2) is 0 Å². The molecular formula is C7H15Cl2NO. The molecule has 0 fully saturated rings. The number of nitrogens with zero attached hydrogens (tertiary/aromatic N) is 1. The van der Waals surface area contributed by atoms with Gasteiger partial charge in [0.2, 0.25) is 0 Å². The molecule has 1 atom stereocenters. The molecule has 1 unspecified atom stereocenters. The van der Waals surface area contributed by atoms with E-state index in [-0.39, 0.29) is 4.65 Å². The van der Waals surface area contributed by atoms with Crippen molar-refractivity contribution >= 4 is 23.2 Å². The van der Waals surface area contributed by atoms with Crippen molar-refractivity contribution in [2.24, 2.45) is 0 Å². The number of quaternary nitrogens is 1. The highest BCUT2D eigenvalue weighted by Crippen LogP contribution is 2.03.